The van der Waals surface area contributed by atoms with Gasteiger partial charge in [0.1, 0.15) is 13.2 Å². The summed E-state index contributed by atoms with van der Waals surface area (Å²) in [6.45, 7) is 2.54. The minimum absolute atomic E-state index is 0.00655. The fourth-order valence-corrected chi connectivity index (χ4v) is 2.53. The quantitative estimate of drug-likeness (QED) is 0.861. The van der Waals surface area contributed by atoms with Gasteiger partial charge in [0.2, 0.25) is 0 Å². The molecule has 0 bridgehead atoms. The molecule has 5 nitrogen and oxygen atoms in total. The molecule has 2 aliphatic heterocycles. The van der Waals surface area contributed by atoms with Crippen LogP contribution in [0.5, 0.6) is 11.5 Å². The van der Waals surface area contributed by atoms with Crippen molar-refractivity contribution in [2.24, 2.45) is 5.92 Å². The molecular weight excluding hydrogens is 246 g/mol. The van der Waals surface area contributed by atoms with Gasteiger partial charge in [-0.2, -0.15) is 0 Å². The maximum atomic E-state index is 12.3. The van der Waals surface area contributed by atoms with E-state index in [0.29, 0.717) is 43.4 Å². The number of hydrogen-bond donors (Lipinski definition) is 1. The van der Waals surface area contributed by atoms with Crippen LogP contribution in [0.4, 0.5) is 0 Å². The summed E-state index contributed by atoms with van der Waals surface area (Å²) in [5.41, 5.74) is 0.614. The first-order chi connectivity index (χ1) is 9.28. The molecule has 5 heteroatoms. The number of rotatable bonds is 2. The second-order valence-electron chi connectivity index (χ2n) is 4.95. The van der Waals surface area contributed by atoms with Crippen molar-refractivity contribution in [2.75, 3.05) is 32.9 Å². The van der Waals surface area contributed by atoms with Gasteiger partial charge in [-0.15, -0.1) is 0 Å². The lowest BCUT2D eigenvalue weighted by atomic mass is 10.1. The van der Waals surface area contributed by atoms with Crippen molar-refractivity contribution in [3.8, 4) is 11.5 Å². The van der Waals surface area contributed by atoms with E-state index < -0.39 is 0 Å². The predicted octanol–water partition coefficient (Wildman–Crippen LogP) is 0.912. The van der Waals surface area contributed by atoms with Gasteiger partial charge in [-0.25, -0.2) is 0 Å². The average Bonchev–Trinajstić information content (AvgIpc) is 2.95. The van der Waals surface area contributed by atoms with Gasteiger partial charge in [0.05, 0.1) is 0 Å². The number of ether oxygens (including phenoxy) is 2. The largest absolute Gasteiger partial charge is 0.486 e. The summed E-state index contributed by atoms with van der Waals surface area (Å²) in [5.74, 6) is 1.53. The zero-order valence-electron chi connectivity index (χ0n) is 10.7. The summed E-state index contributed by atoms with van der Waals surface area (Å²) in [6.07, 6.45) is 0.868. The van der Waals surface area contributed by atoms with Gasteiger partial charge in [0.25, 0.3) is 5.91 Å². The number of fused-ring (bicyclic) bond motifs is 1. The number of aliphatic hydroxyl groups excluding tert-OH is 1. The van der Waals surface area contributed by atoms with Crippen molar-refractivity contribution in [2.45, 2.75) is 6.42 Å². The number of carbonyl (C=O) groups is 1. The van der Waals surface area contributed by atoms with Crippen LogP contribution in [0.2, 0.25) is 0 Å². The van der Waals surface area contributed by atoms with Gasteiger partial charge in [0, 0.05) is 31.2 Å². The first-order valence-corrected chi connectivity index (χ1v) is 6.57. The molecule has 1 fully saturated rings. The molecule has 0 aromatic heterocycles. The smallest absolute Gasteiger partial charge is 0.254 e. The standard InChI is InChI=1S/C14H17NO4/c16-9-10-3-4-15(8-10)14(17)11-1-2-12-13(7-11)19-6-5-18-12/h1-2,7,10,16H,3-6,8-9H2/t10-/m0/s1. The Bertz CT molecular complexity index is 488. The summed E-state index contributed by atoms with van der Waals surface area (Å²) in [7, 11) is 0. The van der Waals surface area contributed by atoms with E-state index in [-0.39, 0.29) is 18.4 Å². The Kier molecular flexibility index (Phi) is 3.29. The Labute approximate surface area is 111 Å². The van der Waals surface area contributed by atoms with Gasteiger partial charge in [-0.05, 0) is 24.6 Å². The van der Waals surface area contributed by atoms with Gasteiger partial charge in [0.15, 0.2) is 11.5 Å². The third-order valence-corrected chi connectivity index (χ3v) is 3.62. The Hall–Kier alpha value is -1.75. The SMILES string of the molecule is O=C(c1ccc2c(c1)OCCO2)N1CC[C@H](CO)C1. The van der Waals surface area contributed by atoms with Crippen molar-refractivity contribution < 1.29 is 19.4 Å². The van der Waals surface area contributed by atoms with Gasteiger partial charge in [-0.1, -0.05) is 0 Å². The van der Waals surface area contributed by atoms with E-state index >= 15 is 0 Å². The van der Waals surface area contributed by atoms with Crippen molar-refractivity contribution in [1.82, 2.24) is 4.90 Å². The van der Waals surface area contributed by atoms with Crippen LogP contribution in [0, 0.1) is 5.92 Å². The molecule has 1 amide bonds. The zero-order valence-corrected chi connectivity index (χ0v) is 10.7. The molecule has 0 aliphatic carbocycles. The van der Waals surface area contributed by atoms with Crippen LogP contribution in [-0.4, -0.2) is 48.8 Å². The van der Waals surface area contributed by atoms with Gasteiger partial charge >= 0.3 is 0 Å². The zero-order chi connectivity index (χ0) is 13.2. The predicted molar refractivity (Wildman–Crippen MR) is 68.5 cm³/mol. The maximum absolute atomic E-state index is 12.3. The van der Waals surface area contributed by atoms with Crippen LogP contribution in [0.1, 0.15) is 16.8 Å². The van der Waals surface area contributed by atoms with E-state index in [1.807, 2.05) is 0 Å². The molecule has 0 radical (unpaired) electrons. The number of aliphatic hydroxyl groups is 1. The van der Waals surface area contributed by atoms with Crippen LogP contribution in [0.25, 0.3) is 0 Å². The van der Waals surface area contributed by atoms with Crippen LogP contribution in [0.15, 0.2) is 18.2 Å². The lowest BCUT2D eigenvalue weighted by Gasteiger charge is -2.20. The fraction of sp³-hybridized carbons (Fsp3) is 0.500. The number of likely N-dealkylation sites (tertiary alicyclic amines) is 1. The van der Waals surface area contributed by atoms with Gasteiger partial charge < -0.3 is 19.5 Å². The molecule has 0 spiro atoms. The maximum Gasteiger partial charge on any atom is 0.254 e. The highest BCUT2D eigenvalue weighted by Gasteiger charge is 2.27. The molecule has 1 atom stereocenters. The molecule has 19 heavy (non-hydrogen) atoms. The summed E-state index contributed by atoms with van der Waals surface area (Å²) in [6, 6.07) is 5.28. The highest BCUT2D eigenvalue weighted by Crippen LogP contribution is 2.31. The topological polar surface area (TPSA) is 59.0 Å². The summed E-state index contributed by atoms with van der Waals surface area (Å²) < 4.78 is 10.9. The molecule has 0 unspecified atom stereocenters. The summed E-state index contributed by atoms with van der Waals surface area (Å²) in [4.78, 5) is 14.1. The van der Waals surface area contributed by atoms with Crippen molar-refractivity contribution in [1.29, 1.82) is 0 Å². The fourth-order valence-electron chi connectivity index (χ4n) is 2.53. The molecular formula is C14H17NO4. The van der Waals surface area contributed by atoms with E-state index in [1.165, 1.54) is 0 Å². The number of nitrogens with zero attached hydrogens (tertiary/aromatic N) is 1. The van der Waals surface area contributed by atoms with E-state index in [4.69, 9.17) is 14.6 Å². The van der Waals surface area contributed by atoms with Crippen LogP contribution < -0.4 is 9.47 Å². The van der Waals surface area contributed by atoms with Crippen molar-refractivity contribution in [3.05, 3.63) is 23.8 Å². The Morgan fingerprint density at radius 1 is 1.32 bits per heavy atom. The summed E-state index contributed by atoms with van der Waals surface area (Å²) >= 11 is 0. The van der Waals surface area contributed by atoms with Gasteiger partial charge in [-0.3, -0.25) is 4.79 Å². The van der Waals surface area contributed by atoms with E-state index in [1.54, 1.807) is 23.1 Å². The van der Waals surface area contributed by atoms with Crippen LogP contribution >= 0.6 is 0 Å². The number of benzene rings is 1. The number of hydrogen-bond acceptors (Lipinski definition) is 4. The summed E-state index contributed by atoms with van der Waals surface area (Å²) in [5, 5.41) is 9.12. The molecule has 0 saturated carbocycles. The van der Waals surface area contributed by atoms with Crippen LogP contribution in [0.3, 0.4) is 0 Å². The lowest BCUT2D eigenvalue weighted by molar-refractivity contribution is 0.0780. The van der Waals surface area contributed by atoms with Crippen molar-refractivity contribution in [3.63, 3.8) is 0 Å². The third-order valence-electron chi connectivity index (χ3n) is 3.62. The normalized spacial score (nSPS) is 21.5. The third kappa shape index (κ3) is 2.38. The van der Waals surface area contributed by atoms with E-state index in [9.17, 15) is 4.79 Å². The Morgan fingerprint density at radius 3 is 2.84 bits per heavy atom. The molecule has 1 N–H and O–H groups in total. The first-order valence-electron chi connectivity index (χ1n) is 6.57. The minimum Gasteiger partial charge on any atom is -0.486 e. The number of amides is 1. The molecule has 1 aromatic carbocycles. The first kappa shape index (κ1) is 12.3. The van der Waals surface area contributed by atoms with E-state index in [0.717, 1.165) is 6.42 Å². The Balaban J connectivity index is 1.77. The second-order valence-corrected chi connectivity index (χ2v) is 4.95. The molecule has 102 valence electrons. The second kappa shape index (κ2) is 5.09. The Morgan fingerprint density at radius 2 is 2.11 bits per heavy atom. The molecule has 3 rings (SSSR count). The minimum atomic E-state index is -0.00655. The highest BCUT2D eigenvalue weighted by atomic mass is 16.6. The van der Waals surface area contributed by atoms with E-state index in [2.05, 4.69) is 0 Å². The van der Waals surface area contributed by atoms with Crippen molar-refractivity contribution >= 4 is 5.91 Å². The number of carbonyl (C=O) groups excluding carboxylic acids is 1. The highest BCUT2D eigenvalue weighted by molar-refractivity contribution is 5.95. The van der Waals surface area contributed by atoms with Crippen LogP contribution in [-0.2, 0) is 0 Å². The molecule has 2 heterocycles. The average molecular weight is 263 g/mol. The molecule has 1 aromatic rings. The monoisotopic (exact) mass is 263 g/mol. The molecule has 1 saturated heterocycles. The molecule has 2 aliphatic rings. The lowest BCUT2D eigenvalue weighted by Crippen LogP contribution is -2.29.